The SMILES string of the molecule is COCCOCCCNC(=O)CCCN.Cl. The summed E-state index contributed by atoms with van der Waals surface area (Å²) >= 11 is 0. The van der Waals surface area contributed by atoms with Gasteiger partial charge in [0.2, 0.25) is 5.91 Å². The summed E-state index contributed by atoms with van der Waals surface area (Å²) in [5.74, 6) is 0.0670. The molecule has 1 amide bonds. The van der Waals surface area contributed by atoms with Gasteiger partial charge in [0.25, 0.3) is 0 Å². The van der Waals surface area contributed by atoms with Gasteiger partial charge >= 0.3 is 0 Å². The van der Waals surface area contributed by atoms with E-state index in [1.54, 1.807) is 7.11 Å². The zero-order valence-electron chi connectivity index (χ0n) is 9.87. The molecule has 0 aromatic rings. The Bertz CT molecular complexity index is 159. The van der Waals surface area contributed by atoms with Gasteiger partial charge in [0.15, 0.2) is 0 Å². The third kappa shape index (κ3) is 13.6. The van der Waals surface area contributed by atoms with Crippen LogP contribution in [-0.2, 0) is 14.3 Å². The molecule has 3 N–H and O–H groups in total. The average Bonchev–Trinajstić information content (AvgIpc) is 2.25. The molecule has 0 spiro atoms. The van der Waals surface area contributed by atoms with E-state index in [0.717, 1.165) is 12.8 Å². The number of carbonyl (C=O) groups is 1. The van der Waals surface area contributed by atoms with Crippen LogP contribution < -0.4 is 11.1 Å². The average molecular weight is 255 g/mol. The Morgan fingerprint density at radius 3 is 2.62 bits per heavy atom. The molecular formula is C10H23ClN2O3. The number of rotatable bonds is 10. The monoisotopic (exact) mass is 254 g/mol. The molecular weight excluding hydrogens is 232 g/mol. The second kappa shape index (κ2) is 14.6. The quantitative estimate of drug-likeness (QED) is 0.551. The third-order valence-corrected chi connectivity index (χ3v) is 1.83. The highest BCUT2D eigenvalue weighted by atomic mass is 35.5. The Labute approximate surface area is 103 Å². The molecule has 0 heterocycles. The van der Waals surface area contributed by atoms with E-state index >= 15 is 0 Å². The van der Waals surface area contributed by atoms with Gasteiger partial charge in [0.05, 0.1) is 13.2 Å². The van der Waals surface area contributed by atoms with E-state index in [-0.39, 0.29) is 18.3 Å². The fourth-order valence-corrected chi connectivity index (χ4v) is 0.997. The Morgan fingerprint density at radius 1 is 1.25 bits per heavy atom. The van der Waals surface area contributed by atoms with E-state index in [9.17, 15) is 4.79 Å². The van der Waals surface area contributed by atoms with E-state index in [0.29, 0.717) is 39.3 Å². The van der Waals surface area contributed by atoms with Gasteiger partial charge in [-0.1, -0.05) is 0 Å². The fraction of sp³-hybridized carbons (Fsp3) is 0.900. The summed E-state index contributed by atoms with van der Waals surface area (Å²) in [6.45, 7) is 3.10. The smallest absolute Gasteiger partial charge is 0.220 e. The number of ether oxygens (including phenoxy) is 2. The lowest BCUT2D eigenvalue weighted by Crippen LogP contribution is -2.25. The molecule has 0 aliphatic rings. The number of nitrogens with two attached hydrogens (primary N) is 1. The van der Waals surface area contributed by atoms with Crippen molar-refractivity contribution in [1.29, 1.82) is 0 Å². The zero-order chi connectivity index (χ0) is 11.4. The summed E-state index contributed by atoms with van der Waals surface area (Å²) in [5.41, 5.74) is 5.29. The number of carbonyl (C=O) groups excluding carboxylic acids is 1. The van der Waals surface area contributed by atoms with Gasteiger partial charge < -0.3 is 20.5 Å². The third-order valence-electron chi connectivity index (χ3n) is 1.83. The van der Waals surface area contributed by atoms with Crippen molar-refractivity contribution in [3.05, 3.63) is 0 Å². The summed E-state index contributed by atoms with van der Waals surface area (Å²) in [6, 6.07) is 0. The van der Waals surface area contributed by atoms with Crippen LogP contribution in [-0.4, -0.2) is 45.9 Å². The van der Waals surface area contributed by atoms with Crippen LogP contribution in [0.15, 0.2) is 0 Å². The fourth-order valence-electron chi connectivity index (χ4n) is 0.997. The van der Waals surface area contributed by atoms with Crippen LogP contribution in [0.25, 0.3) is 0 Å². The molecule has 0 rings (SSSR count). The predicted octanol–water partition coefficient (Wildman–Crippen LogP) is 0.316. The van der Waals surface area contributed by atoms with Crippen molar-refractivity contribution >= 4 is 18.3 Å². The summed E-state index contributed by atoms with van der Waals surface area (Å²) in [5, 5.41) is 2.80. The second-order valence-electron chi connectivity index (χ2n) is 3.20. The minimum atomic E-state index is 0. The first-order valence-corrected chi connectivity index (χ1v) is 5.34. The summed E-state index contributed by atoms with van der Waals surface area (Å²) in [7, 11) is 1.64. The van der Waals surface area contributed by atoms with Gasteiger partial charge in [-0.3, -0.25) is 4.79 Å². The molecule has 0 unspecified atom stereocenters. The van der Waals surface area contributed by atoms with Gasteiger partial charge in [0, 0.05) is 26.7 Å². The van der Waals surface area contributed by atoms with Gasteiger partial charge in [-0.2, -0.15) is 0 Å². The molecule has 16 heavy (non-hydrogen) atoms. The molecule has 0 bridgehead atoms. The Balaban J connectivity index is 0. The van der Waals surface area contributed by atoms with Gasteiger partial charge in [-0.25, -0.2) is 0 Å². The molecule has 0 atom stereocenters. The largest absolute Gasteiger partial charge is 0.382 e. The molecule has 0 fully saturated rings. The van der Waals surface area contributed by atoms with E-state index in [1.807, 2.05) is 0 Å². The van der Waals surface area contributed by atoms with E-state index in [4.69, 9.17) is 15.2 Å². The molecule has 0 aromatic heterocycles. The van der Waals surface area contributed by atoms with Crippen molar-refractivity contribution in [2.75, 3.05) is 40.0 Å². The number of methoxy groups -OCH3 is 1. The number of hydrogen-bond acceptors (Lipinski definition) is 4. The van der Waals surface area contributed by atoms with Gasteiger partial charge in [-0.15, -0.1) is 12.4 Å². The van der Waals surface area contributed by atoms with Crippen LogP contribution in [0.2, 0.25) is 0 Å². The van der Waals surface area contributed by atoms with Crippen LogP contribution in [0.1, 0.15) is 19.3 Å². The van der Waals surface area contributed by atoms with Crippen molar-refractivity contribution in [1.82, 2.24) is 5.32 Å². The number of halogens is 1. The Hall–Kier alpha value is -0.360. The Morgan fingerprint density at radius 2 is 2.00 bits per heavy atom. The number of nitrogens with one attached hydrogen (secondary N) is 1. The number of amides is 1. The van der Waals surface area contributed by atoms with Crippen molar-refractivity contribution in [3.8, 4) is 0 Å². The topological polar surface area (TPSA) is 73.6 Å². The second-order valence-corrected chi connectivity index (χ2v) is 3.20. The summed E-state index contributed by atoms with van der Waals surface area (Å²) in [4.78, 5) is 11.1. The lowest BCUT2D eigenvalue weighted by atomic mass is 10.3. The normalized spacial score (nSPS) is 9.62. The molecule has 0 aromatic carbocycles. The Kier molecular flexibility index (Phi) is 16.5. The van der Waals surface area contributed by atoms with Crippen LogP contribution in [0, 0.1) is 0 Å². The minimum absolute atomic E-state index is 0. The van der Waals surface area contributed by atoms with E-state index < -0.39 is 0 Å². The summed E-state index contributed by atoms with van der Waals surface area (Å²) < 4.78 is 10.1. The lowest BCUT2D eigenvalue weighted by molar-refractivity contribution is -0.121. The first-order chi connectivity index (χ1) is 7.31. The maximum atomic E-state index is 11.1. The highest BCUT2D eigenvalue weighted by molar-refractivity contribution is 5.85. The maximum absolute atomic E-state index is 11.1. The molecule has 6 heteroatoms. The van der Waals surface area contributed by atoms with Gasteiger partial charge in [-0.05, 0) is 19.4 Å². The maximum Gasteiger partial charge on any atom is 0.220 e. The van der Waals surface area contributed by atoms with Crippen molar-refractivity contribution < 1.29 is 14.3 Å². The first kappa shape index (κ1) is 18.0. The summed E-state index contributed by atoms with van der Waals surface area (Å²) in [6.07, 6.45) is 2.09. The van der Waals surface area contributed by atoms with E-state index in [2.05, 4.69) is 5.32 Å². The number of hydrogen-bond donors (Lipinski definition) is 2. The minimum Gasteiger partial charge on any atom is -0.382 e. The van der Waals surface area contributed by atoms with Crippen LogP contribution in [0.5, 0.6) is 0 Å². The molecule has 0 saturated heterocycles. The van der Waals surface area contributed by atoms with Crippen molar-refractivity contribution in [2.24, 2.45) is 5.73 Å². The van der Waals surface area contributed by atoms with Gasteiger partial charge in [0.1, 0.15) is 0 Å². The standard InChI is InChI=1S/C10H22N2O3.ClH/c1-14-8-9-15-7-3-6-12-10(13)4-2-5-11;/h2-9,11H2,1H3,(H,12,13);1H. The van der Waals surface area contributed by atoms with Crippen LogP contribution in [0.3, 0.4) is 0 Å². The predicted molar refractivity (Wildman–Crippen MR) is 65.9 cm³/mol. The molecule has 0 saturated carbocycles. The molecule has 98 valence electrons. The van der Waals surface area contributed by atoms with Crippen LogP contribution >= 0.6 is 12.4 Å². The van der Waals surface area contributed by atoms with Crippen molar-refractivity contribution in [2.45, 2.75) is 19.3 Å². The molecule has 5 nitrogen and oxygen atoms in total. The molecule has 0 aliphatic heterocycles. The highest BCUT2D eigenvalue weighted by Gasteiger charge is 1.98. The first-order valence-electron chi connectivity index (χ1n) is 5.34. The van der Waals surface area contributed by atoms with Crippen LogP contribution in [0.4, 0.5) is 0 Å². The molecule has 0 aliphatic carbocycles. The van der Waals surface area contributed by atoms with Crippen molar-refractivity contribution in [3.63, 3.8) is 0 Å². The lowest BCUT2D eigenvalue weighted by Gasteiger charge is -2.05. The highest BCUT2D eigenvalue weighted by Crippen LogP contribution is 1.86. The molecule has 0 radical (unpaired) electrons. The zero-order valence-corrected chi connectivity index (χ0v) is 10.7. The van der Waals surface area contributed by atoms with E-state index in [1.165, 1.54) is 0 Å².